The maximum Gasteiger partial charge on any atom is 0.183 e. The normalized spacial score (nSPS) is 20.4. The molecule has 2 atom stereocenters. The Bertz CT molecular complexity index is 1110. The van der Waals surface area contributed by atoms with E-state index in [1.54, 1.807) is 24.3 Å². The molecule has 0 unspecified atom stereocenters. The van der Waals surface area contributed by atoms with Gasteiger partial charge in [-0.25, -0.2) is 16.8 Å². The van der Waals surface area contributed by atoms with Crippen molar-refractivity contribution in [3.8, 4) is 17.2 Å². The highest BCUT2D eigenvalue weighted by atomic mass is 32.2. The summed E-state index contributed by atoms with van der Waals surface area (Å²) in [4.78, 5) is 0.0796. The largest absolute Gasteiger partial charge is 0.494 e. The Labute approximate surface area is 183 Å². The van der Waals surface area contributed by atoms with Crippen LogP contribution in [0, 0.1) is 0 Å². The van der Waals surface area contributed by atoms with Crippen LogP contribution in [0.15, 0.2) is 47.4 Å². The van der Waals surface area contributed by atoms with Crippen molar-refractivity contribution in [2.24, 2.45) is 0 Å². The van der Waals surface area contributed by atoms with Crippen molar-refractivity contribution in [2.45, 2.75) is 29.7 Å². The van der Waals surface area contributed by atoms with Crippen molar-refractivity contribution < 1.29 is 31.0 Å². The van der Waals surface area contributed by atoms with E-state index in [0.717, 1.165) is 5.56 Å². The Morgan fingerprint density at radius 1 is 1.00 bits per heavy atom. The molecular formula is C21H27NO7S2. The Morgan fingerprint density at radius 2 is 1.68 bits per heavy atom. The van der Waals surface area contributed by atoms with Crippen molar-refractivity contribution in [1.82, 2.24) is 5.32 Å². The van der Waals surface area contributed by atoms with E-state index in [1.165, 1.54) is 26.4 Å². The molecule has 0 saturated carbocycles. The Balaban J connectivity index is 1.81. The highest BCUT2D eigenvalue weighted by Crippen LogP contribution is 2.29. The maximum absolute atomic E-state index is 13.2. The van der Waals surface area contributed by atoms with Gasteiger partial charge in [-0.05, 0) is 48.9 Å². The van der Waals surface area contributed by atoms with Crippen LogP contribution in [0.2, 0.25) is 0 Å². The second-order valence-corrected chi connectivity index (χ2v) is 11.6. The van der Waals surface area contributed by atoms with E-state index < -0.39 is 36.7 Å². The fourth-order valence-corrected chi connectivity index (χ4v) is 8.33. The number of sulfone groups is 2. The van der Waals surface area contributed by atoms with E-state index in [1.807, 2.05) is 13.0 Å². The summed E-state index contributed by atoms with van der Waals surface area (Å²) in [6, 6.07) is 10.7. The topological polar surface area (TPSA) is 108 Å². The zero-order valence-corrected chi connectivity index (χ0v) is 19.3. The highest BCUT2D eigenvalue weighted by Gasteiger charge is 2.45. The molecule has 3 rings (SSSR count). The first-order valence-electron chi connectivity index (χ1n) is 9.81. The van der Waals surface area contributed by atoms with E-state index in [-0.39, 0.29) is 17.2 Å². The molecule has 0 amide bonds. The Morgan fingerprint density at radius 3 is 2.29 bits per heavy atom. The molecule has 0 aliphatic carbocycles. The number of ether oxygens (including phenoxy) is 3. The van der Waals surface area contributed by atoms with Crippen LogP contribution in [0.3, 0.4) is 0 Å². The zero-order valence-electron chi connectivity index (χ0n) is 17.7. The monoisotopic (exact) mass is 469 g/mol. The predicted molar refractivity (Wildman–Crippen MR) is 117 cm³/mol. The molecule has 2 aromatic carbocycles. The van der Waals surface area contributed by atoms with Gasteiger partial charge in [0, 0.05) is 12.6 Å². The van der Waals surface area contributed by atoms with Gasteiger partial charge in [-0.1, -0.05) is 6.07 Å². The SMILES string of the molecule is CCOc1ccc(S(=O)(=O)[C@H]2CS(=O)(=O)C[C@@H]2NCc2ccc(OC)c(OC)c2)cc1. The maximum atomic E-state index is 13.2. The minimum absolute atomic E-state index is 0.0796. The fourth-order valence-electron chi connectivity index (χ4n) is 3.62. The molecule has 1 heterocycles. The average molecular weight is 470 g/mol. The zero-order chi connectivity index (χ0) is 22.6. The van der Waals surface area contributed by atoms with Crippen LogP contribution < -0.4 is 19.5 Å². The van der Waals surface area contributed by atoms with Crippen LogP contribution in [0.5, 0.6) is 17.2 Å². The van der Waals surface area contributed by atoms with Crippen molar-refractivity contribution in [2.75, 3.05) is 32.3 Å². The molecule has 1 fully saturated rings. The van der Waals surface area contributed by atoms with Crippen LogP contribution in [-0.2, 0) is 26.2 Å². The number of hydrogen-bond donors (Lipinski definition) is 1. The second-order valence-electron chi connectivity index (χ2n) is 7.24. The molecule has 0 spiro atoms. The summed E-state index contributed by atoms with van der Waals surface area (Å²) in [7, 11) is -4.29. The molecule has 1 N–H and O–H groups in total. The molecule has 0 aromatic heterocycles. The molecular weight excluding hydrogens is 442 g/mol. The number of rotatable bonds is 9. The number of nitrogens with one attached hydrogen (secondary N) is 1. The minimum atomic E-state index is -3.86. The molecule has 1 aliphatic rings. The van der Waals surface area contributed by atoms with Crippen LogP contribution in [0.1, 0.15) is 12.5 Å². The van der Waals surface area contributed by atoms with Gasteiger partial charge in [-0.15, -0.1) is 0 Å². The van der Waals surface area contributed by atoms with E-state index in [0.29, 0.717) is 23.9 Å². The Hall–Kier alpha value is -2.30. The highest BCUT2D eigenvalue weighted by molar-refractivity contribution is 7.96. The first kappa shape index (κ1) is 23.4. The summed E-state index contributed by atoms with van der Waals surface area (Å²) >= 11 is 0. The summed E-state index contributed by atoms with van der Waals surface area (Å²) in [6.45, 7) is 2.59. The van der Waals surface area contributed by atoms with Gasteiger partial charge in [0.25, 0.3) is 0 Å². The smallest absolute Gasteiger partial charge is 0.183 e. The average Bonchev–Trinajstić information content (AvgIpc) is 3.08. The van der Waals surface area contributed by atoms with Crippen LogP contribution >= 0.6 is 0 Å². The third kappa shape index (κ3) is 5.31. The molecule has 0 bridgehead atoms. The molecule has 2 aromatic rings. The first-order valence-corrected chi connectivity index (χ1v) is 13.2. The quantitative estimate of drug-likeness (QED) is 0.593. The summed E-state index contributed by atoms with van der Waals surface area (Å²) in [5.41, 5.74) is 0.819. The summed E-state index contributed by atoms with van der Waals surface area (Å²) in [5, 5.41) is 2.05. The predicted octanol–water partition coefficient (Wildman–Crippen LogP) is 1.83. The summed E-state index contributed by atoms with van der Waals surface area (Å²) in [5.74, 6) is 1.03. The van der Waals surface area contributed by atoms with Gasteiger partial charge in [0.15, 0.2) is 31.2 Å². The van der Waals surface area contributed by atoms with Crippen molar-refractivity contribution in [1.29, 1.82) is 0 Å². The van der Waals surface area contributed by atoms with Gasteiger partial charge in [0.2, 0.25) is 0 Å². The van der Waals surface area contributed by atoms with Gasteiger partial charge < -0.3 is 19.5 Å². The molecule has 170 valence electrons. The van der Waals surface area contributed by atoms with Crippen LogP contribution in [0.4, 0.5) is 0 Å². The van der Waals surface area contributed by atoms with Crippen molar-refractivity contribution >= 4 is 19.7 Å². The molecule has 31 heavy (non-hydrogen) atoms. The van der Waals surface area contributed by atoms with E-state index >= 15 is 0 Å². The molecule has 1 saturated heterocycles. The van der Waals surface area contributed by atoms with Gasteiger partial charge in [-0.3, -0.25) is 0 Å². The lowest BCUT2D eigenvalue weighted by atomic mass is 10.1. The third-order valence-electron chi connectivity index (χ3n) is 5.18. The Kier molecular flexibility index (Phi) is 7.13. The number of benzene rings is 2. The van der Waals surface area contributed by atoms with Crippen LogP contribution in [-0.4, -0.2) is 60.5 Å². The van der Waals surface area contributed by atoms with Crippen molar-refractivity contribution in [3.63, 3.8) is 0 Å². The van der Waals surface area contributed by atoms with Gasteiger partial charge in [0.1, 0.15) is 5.75 Å². The summed E-state index contributed by atoms with van der Waals surface area (Å²) in [6.07, 6.45) is 0. The second kappa shape index (κ2) is 9.46. The van der Waals surface area contributed by atoms with Crippen molar-refractivity contribution in [3.05, 3.63) is 48.0 Å². The van der Waals surface area contributed by atoms with E-state index in [9.17, 15) is 16.8 Å². The lowest BCUT2D eigenvalue weighted by molar-refractivity contribution is 0.340. The number of methoxy groups -OCH3 is 2. The fraction of sp³-hybridized carbons (Fsp3) is 0.429. The van der Waals surface area contributed by atoms with Gasteiger partial charge in [0.05, 0.1) is 42.5 Å². The molecule has 0 radical (unpaired) electrons. The first-order chi connectivity index (χ1) is 14.7. The van der Waals surface area contributed by atoms with Gasteiger partial charge >= 0.3 is 0 Å². The van der Waals surface area contributed by atoms with E-state index in [2.05, 4.69) is 5.32 Å². The van der Waals surface area contributed by atoms with Crippen LogP contribution in [0.25, 0.3) is 0 Å². The lowest BCUT2D eigenvalue weighted by Gasteiger charge is -2.20. The molecule has 1 aliphatic heterocycles. The van der Waals surface area contributed by atoms with Gasteiger partial charge in [-0.2, -0.15) is 0 Å². The standard InChI is InChI=1S/C21H27NO7S2/c1-4-29-16-6-8-17(9-7-16)31(25,26)21-14-30(23,24)13-18(21)22-12-15-5-10-19(27-2)20(11-15)28-3/h5-11,18,21-22H,4,12-14H2,1-3H3/t18-,21-/m0/s1. The summed E-state index contributed by atoms with van der Waals surface area (Å²) < 4.78 is 66.9. The van der Waals surface area contributed by atoms with E-state index in [4.69, 9.17) is 14.2 Å². The minimum Gasteiger partial charge on any atom is -0.494 e. The lowest BCUT2D eigenvalue weighted by Crippen LogP contribution is -2.43. The molecule has 10 heteroatoms. The molecule has 8 nitrogen and oxygen atoms in total. The number of hydrogen-bond acceptors (Lipinski definition) is 8. The third-order valence-corrected chi connectivity index (χ3v) is 9.35.